The Hall–Kier alpha value is -3.50. The average Bonchev–Trinajstić information content (AvgIpc) is 0.943. The summed E-state index contributed by atoms with van der Waals surface area (Å²) in [6.45, 7) is 4.78. The van der Waals surface area contributed by atoms with Crippen LogP contribution >= 0.6 is 15.6 Å². The van der Waals surface area contributed by atoms with E-state index in [1.807, 2.05) is 18.2 Å². The lowest BCUT2D eigenvalue weighted by atomic mass is 10.0. The molecule has 0 aromatic rings. The Bertz CT molecular complexity index is 2250. The van der Waals surface area contributed by atoms with Gasteiger partial charge in [-0.25, -0.2) is 9.13 Å². The van der Waals surface area contributed by atoms with E-state index < -0.39 is 97.5 Å². The van der Waals surface area contributed by atoms with Gasteiger partial charge in [0.25, 0.3) is 0 Å². The fourth-order valence-corrected chi connectivity index (χ4v) is 13.4. The Morgan fingerprint density at radius 3 is 0.769 bits per heavy atom. The summed E-state index contributed by atoms with van der Waals surface area (Å²) >= 11 is 0. The van der Waals surface area contributed by atoms with Crippen LogP contribution in [0.3, 0.4) is 0 Å². The number of carbonyl (C=O) groups excluding carboxylic acids is 4. The minimum Gasteiger partial charge on any atom is -0.462 e. The second-order valence-corrected chi connectivity index (χ2v) is 31.3. The molecule has 5 atom stereocenters. The van der Waals surface area contributed by atoms with Gasteiger partial charge in [0, 0.05) is 25.7 Å². The van der Waals surface area contributed by atoms with Gasteiger partial charge in [0.05, 0.1) is 26.4 Å². The molecule has 0 aromatic heterocycles. The van der Waals surface area contributed by atoms with Crippen molar-refractivity contribution >= 4 is 39.5 Å². The first kappa shape index (κ1) is 100. The Morgan fingerprint density at radius 1 is 0.279 bits per heavy atom. The smallest absolute Gasteiger partial charge is 0.462 e. The monoisotopic (exact) mass is 1510 g/mol. The van der Waals surface area contributed by atoms with Crippen LogP contribution in [-0.4, -0.2) is 96.7 Å². The Balaban J connectivity index is 5.39. The normalized spacial score (nSPS) is 14.2. The topological polar surface area (TPSA) is 237 Å². The number of phosphoric acid groups is 2. The Labute approximate surface area is 634 Å². The van der Waals surface area contributed by atoms with Gasteiger partial charge in [-0.2, -0.15) is 0 Å². The van der Waals surface area contributed by atoms with Crippen LogP contribution in [0, 0.1) is 0 Å². The summed E-state index contributed by atoms with van der Waals surface area (Å²) < 4.78 is 68.7. The minimum absolute atomic E-state index is 0.0257. The summed E-state index contributed by atoms with van der Waals surface area (Å²) in [5.41, 5.74) is 0. The van der Waals surface area contributed by atoms with Crippen LogP contribution in [0.4, 0.5) is 0 Å². The van der Waals surface area contributed by atoms with E-state index in [9.17, 15) is 43.2 Å². The predicted octanol–water partition coefficient (Wildman–Crippen LogP) is 24.8. The first-order valence-electron chi connectivity index (χ1n) is 42.2. The summed E-state index contributed by atoms with van der Waals surface area (Å²) in [6, 6.07) is 0. The van der Waals surface area contributed by atoms with Crippen molar-refractivity contribution in [1.82, 2.24) is 0 Å². The molecule has 606 valence electrons. The van der Waals surface area contributed by atoms with Crippen LogP contribution in [0.2, 0.25) is 0 Å². The van der Waals surface area contributed by atoms with Gasteiger partial charge in [0.2, 0.25) is 0 Å². The number of hydrogen-bond acceptors (Lipinski definition) is 15. The lowest BCUT2D eigenvalue weighted by Crippen LogP contribution is -2.30. The van der Waals surface area contributed by atoms with E-state index in [4.69, 9.17) is 37.0 Å². The van der Waals surface area contributed by atoms with Crippen LogP contribution in [0.25, 0.3) is 0 Å². The molecule has 0 saturated heterocycles. The summed E-state index contributed by atoms with van der Waals surface area (Å²) in [5, 5.41) is 10.7. The van der Waals surface area contributed by atoms with E-state index in [0.717, 1.165) is 96.3 Å². The van der Waals surface area contributed by atoms with Gasteiger partial charge >= 0.3 is 39.5 Å². The molecule has 0 rings (SSSR count). The summed E-state index contributed by atoms with van der Waals surface area (Å²) in [6.07, 6.45) is 80.2. The third-order valence-electron chi connectivity index (χ3n) is 18.2. The number of unbranched alkanes of at least 4 members (excludes halogenated alkanes) is 42. The van der Waals surface area contributed by atoms with Crippen molar-refractivity contribution in [2.45, 2.75) is 406 Å². The summed E-state index contributed by atoms with van der Waals surface area (Å²) in [5.74, 6) is -2.23. The molecule has 17 nitrogen and oxygen atoms in total. The van der Waals surface area contributed by atoms with Crippen LogP contribution in [-0.2, 0) is 65.4 Å². The third-order valence-corrected chi connectivity index (χ3v) is 20.1. The van der Waals surface area contributed by atoms with Gasteiger partial charge in [-0.15, -0.1) is 0 Å². The van der Waals surface area contributed by atoms with Gasteiger partial charge < -0.3 is 33.8 Å². The SMILES string of the molecule is CC/C=C\C/C=C\C/C=C\C/C=C\C/C=C\C/C=C\CCC(=O)O[C@H](COC(=O)CCCCCCCCCCCCCCCCC)COP(=O)(O)OC[C@@H](O)COP(=O)(O)OC[C@@H](COC(=O)CCCCCCCCCCCCCCCCC)OC(=O)CCCCCCCCCCCCCCCCC. The number of carbonyl (C=O) groups is 4. The molecule has 0 heterocycles. The van der Waals surface area contributed by atoms with Gasteiger partial charge in [-0.1, -0.05) is 370 Å². The fraction of sp³-hybridized carbons (Fsp3) is 0.812. The van der Waals surface area contributed by atoms with Crippen molar-refractivity contribution in [3.8, 4) is 0 Å². The Morgan fingerprint density at radius 2 is 0.500 bits per heavy atom. The first-order chi connectivity index (χ1) is 50.7. The molecule has 0 aliphatic heterocycles. The van der Waals surface area contributed by atoms with Crippen LogP contribution in [0.15, 0.2) is 72.9 Å². The number of esters is 4. The molecule has 19 heteroatoms. The van der Waals surface area contributed by atoms with Gasteiger partial charge in [0.15, 0.2) is 12.2 Å². The number of phosphoric ester groups is 2. The fourth-order valence-electron chi connectivity index (χ4n) is 11.8. The van der Waals surface area contributed by atoms with E-state index >= 15 is 0 Å². The third kappa shape index (κ3) is 76.7. The lowest BCUT2D eigenvalue weighted by Gasteiger charge is -2.21. The van der Waals surface area contributed by atoms with E-state index in [2.05, 4.69) is 82.4 Å². The van der Waals surface area contributed by atoms with Crippen molar-refractivity contribution < 1.29 is 80.2 Å². The number of ether oxygens (including phenoxy) is 4. The maximum atomic E-state index is 13.1. The highest BCUT2D eigenvalue weighted by molar-refractivity contribution is 7.47. The molecule has 0 saturated carbocycles. The maximum Gasteiger partial charge on any atom is 0.472 e. The second kappa shape index (κ2) is 77.7. The largest absolute Gasteiger partial charge is 0.472 e. The van der Waals surface area contributed by atoms with Gasteiger partial charge in [-0.3, -0.25) is 37.3 Å². The van der Waals surface area contributed by atoms with E-state index in [0.29, 0.717) is 32.1 Å². The molecule has 0 fully saturated rings. The highest BCUT2D eigenvalue weighted by atomic mass is 31.2. The zero-order chi connectivity index (χ0) is 76.0. The number of rotatable bonds is 80. The predicted molar refractivity (Wildman–Crippen MR) is 427 cm³/mol. The molecule has 0 aliphatic rings. The summed E-state index contributed by atoms with van der Waals surface area (Å²) in [4.78, 5) is 73.1. The van der Waals surface area contributed by atoms with E-state index in [-0.39, 0.29) is 25.7 Å². The molecule has 3 N–H and O–H groups in total. The van der Waals surface area contributed by atoms with Crippen LogP contribution in [0.1, 0.15) is 387 Å². The molecular formula is C85H154O17P2. The number of allylic oxidation sites excluding steroid dienone is 12. The molecular weight excluding hydrogens is 1350 g/mol. The molecule has 0 bridgehead atoms. The number of hydrogen-bond donors (Lipinski definition) is 3. The maximum absolute atomic E-state index is 13.1. The molecule has 0 radical (unpaired) electrons. The minimum atomic E-state index is -4.99. The summed E-state index contributed by atoms with van der Waals surface area (Å²) in [7, 11) is -9.97. The standard InChI is InChI=1S/C85H154O17P2/c1-5-9-13-17-21-25-29-33-37-38-39-40-44-48-52-56-60-64-68-72-85(90)102-81(76-96-83(88)70-66-62-58-54-50-46-42-35-31-27-23-19-15-11-7-3)78-100-104(93,94)98-74-79(86)73-97-103(91,92)99-77-80(101-84(89)71-67-63-59-55-51-47-43-36-32-28-24-20-16-12-8-4)75-95-82(87)69-65-61-57-53-49-45-41-34-30-26-22-18-14-10-6-2/h9,13,21,25,33,37,39-40,48,52,60,64,79-81,86H,5-8,10-12,14-20,22-24,26-32,34-36,38,41-47,49-51,53-59,61-63,65-78H2,1-4H3,(H,91,92)(H,93,94)/b13-9-,25-21-,37-33-,40-39-,52-48-,64-60-/t79-,80+,81+/m0/s1. The molecule has 0 spiro atoms. The molecule has 104 heavy (non-hydrogen) atoms. The van der Waals surface area contributed by atoms with Crippen molar-refractivity contribution in [3.63, 3.8) is 0 Å². The highest BCUT2D eigenvalue weighted by Gasteiger charge is 2.30. The molecule has 0 aromatic carbocycles. The van der Waals surface area contributed by atoms with Crippen molar-refractivity contribution in [3.05, 3.63) is 72.9 Å². The molecule has 0 aliphatic carbocycles. The van der Waals surface area contributed by atoms with Gasteiger partial charge in [0.1, 0.15) is 19.3 Å². The average molecular weight is 1510 g/mol. The highest BCUT2D eigenvalue weighted by Crippen LogP contribution is 2.45. The van der Waals surface area contributed by atoms with Crippen LogP contribution in [0.5, 0.6) is 0 Å². The molecule has 0 amide bonds. The van der Waals surface area contributed by atoms with Crippen molar-refractivity contribution in [2.24, 2.45) is 0 Å². The van der Waals surface area contributed by atoms with E-state index in [1.54, 1.807) is 0 Å². The Kier molecular flexibility index (Phi) is 75.0. The van der Waals surface area contributed by atoms with Crippen molar-refractivity contribution in [2.75, 3.05) is 39.6 Å². The number of aliphatic hydroxyl groups excluding tert-OH is 1. The zero-order valence-electron chi connectivity index (χ0n) is 66.5. The van der Waals surface area contributed by atoms with E-state index in [1.165, 1.54) is 205 Å². The second-order valence-electron chi connectivity index (χ2n) is 28.4. The van der Waals surface area contributed by atoms with Crippen molar-refractivity contribution in [1.29, 1.82) is 0 Å². The van der Waals surface area contributed by atoms with Gasteiger partial charge in [-0.05, 0) is 64.2 Å². The lowest BCUT2D eigenvalue weighted by molar-refractivity contribution is -0.161. The first-order valence-corrected chi connectivity index (χ1v) is 45.2. The quantitative estimate of drug-likeness (QED) is 0.0169. The zero-order valence-corrected chi connectivity index (χ0v) is 68.2. The number of aliphatic hydroxyl groups is 1. The molecule has 2 unspecified atom stereocenters. The van der Waals surface area contributed by atoms with Crippen LogP contribution < -0.4 is 0 Å².